The van der Waals surface area contributed by atoms with Gasteiger partial charge in [-0.1, -0.05) is 36.4 Å². The number of hydrogen-bond donors (Lipinski definition) is 1. The van der Waals surface area contributed by atoms with Gasteiger partial charge >= 0.3 is 0 Å². The van der Waals surface area contributed by atoms with Crippen LogP contribution in [0.25, 0.3) is 6.08 Å². The molecule has 0 atom stereocenters. The van der Waals surface area contributed by atoms with Crippen LogP contribution in [0.3, 0.4) is 0 Å². The Kier molecular flexibility index (Phi) is 7.58. The predicted octanol–water partition coefficient (Wildman–Crippen LogP) is 5.32. The van der Waals surface area contributed by atoms with Gasteiger partial charge in [0.1, 0.15) is 12.4 Å². The second-order valence-electron chi connectivity index (χ2n) is 7.31. The van der Waals surface area contributed by atoms with Crippen molar-refractivity contribution in [3.63, 3.8) is 0 Å². The maximum atomic E-state index is 14.3. The number of pyridine rings is 2. The molecule has 1 N–H and O–H groups in total. The molecule has 0 unspecified atom stereocenters. The van der Waals surface area contributed by atoms with E-state index < -0.39 is 5.82 Å². The van der Waals surface area contributed by atoms with Crippen LogP contribution in [-0.2, 0) is 17.9 Å². The minimum absolute atomic E-state index is 0.0811. The quantitative estimate of drug-likeness (QED) is 0.346. The molecule has 170 valence electrons. The Hall–Kier alpha value is -4.52. The van der Waals surface area contributed by atoms with E-state index in [1.54, 1.807) is 42.7 Å². The van der Waals surface area contributed by atoms with Crippen molar-refractivity contribution < 1.29 is 18.7 Å². The number of carbonyl (C=O) groups excluding carboxylic acids is 1. The highest BCUT2D eigenvalue weighted by Crippen LogP contribution is 2.24. The van der Waals surface area contributed by atoms with Crippen molar-refractivity contribution >= 4 is 12.0 Å². The predicted molar refractivity (Wildman–Crippen MR) is 127 cm³/mol. The Balaban J connectivity index is 1.28. The molecule has 0 bridgehead atoms. The van der Waals surface area contributed by atoms with Crippen LogP contribution < -0.4 is 14.8 Å². The van der Waals surface area contributed by atoms with Gasteiger partial charge in [-0.2, -0.15) is 0 Å². The third kappa shape index (κ3) is 6.74. The van der Waals surface area contributed by atoms with Crippen LogP contribution in [0.5, 0.6) is 17.4 Å². The van der Waals surface area contributed by atoms with Gasteiger partial charge in [0.25, 0.3) is 0 Å². The first kappa shape index (κ1) is 22.7. The SMILES string of the molecule is O=C(/C=C/c1ccc(Oc2cccnc2)c(F)c1)NCc1ccnc(OCc2ccccc2)c1. The van der Waals surface area contributed by atoms with Gasteiger partial charge in [-0.3, -0.25) is 9.78 Å². The van der Waals surface area contributed by atoms with E-state index in [4.69, 9.17) is 9.47 Å². The van der Waals surface area contributed by atoms with Crippen molar-refractivity contribution in [2.45, 2.75) is 13.2 Å². The molecule has 0 aliphatic rings. The molecule has 0 saturated carbocycles. The summed E-state index contributed by atoms with van der Waals surface area (Å²) >= 11 is 0. The second kappa shape index (κ2) is 11.4. The summed E-state index contributed by atoms with van der Waals surface area (Å²) in [7, 11) is 0. The van der Waals surface area contributed by atoms with E-state index in [0.717, 1.165) is 11.1 Å². The maximum Gasteiger partial charge on any atom is 0.244 e. The van der Waals surface area contributed by atoms with E-state index in [-0.39, 0.29) is 11.7 Å². The average Bonchev–Trinajstić information content (AvgIpc) is 2.88. The molecule has 34 heavy (non-hydrogen) atoms. The number of aromatic nitrogens is 2. The smallest absolute Gasteiger partial charge is 0.244 e. The molecular formula is C27H22FN3O3. The highest BCUT2D eigenvalue weighted by Gasteiger charge is 2.06. The minimum atomic E-state index is -0.536. The molecule has 7 heteroatoms. The van der Waals surface area contributed by atoms with Crippen molar-refractivity contribution in [2.24, 2.45) is 0 Å². The summed E-state index contributed by atoms with van der Waals surface area (Å²) in [4.78, 5) is 20.3. The van der Waals surface area contributed by atoms with Crippen LogP contribution in [0.15, 0.2) is 97.5 Å². The van der Waals surface area contributed by atoms with Crippen molar-refractivity contribution in [1.29, 1.82) is 0 Å². The number of nitrogens with zero attached hydrogens (tertiary/aromatic N) is 2. The van der Waals surface area contributed by atoms with E-state index in [1.807, 2.05) is 30.3 Å². The molecule has 2 aromatic carbocycles. The number of benzene rings is 2. The van der Waals surface area contributed by atoms with Gasteiger partial charge in [0.05, 0.1) is 6.20 Å². The molecule has 2 aromatic heterocycles. The molecule has 2 heterocycles. The second-order valence-corrected chi connectivity index (χ2v) is 7.31. The van der Waals surface area contributed by atoms with Crippen molar-refractivity contribution in [3.8, 4) is 17.4 Å². The molecular weight excluding hydrogens is 433 g/mol. The first-order valence-electron chi connectivity index (χ1n) is 10.6. The summed E-state index contributed by atoms with van der Waals surface area (Å²) in [6.07, 6.45) is 7.63. The molecule has 4 rings (SSSR count). The number of ether oxygens (including phenoxy) is 2. The lowest BCUT2D eigenvalue weighted by atomic mass is 10.2. The van der Waals surface area contributed by atoms with Gasteiger partial charge in [-0.15, -0.1) is 0 Å². The molecule has 0 aliphatic heterocycles. The van der Waals surface area contributed by atoms with Gasteiger partial charge < -0.3 is 14.8 Å². The molecule has 0 spiro atoms. The van der Waals surface area contributed by atoms with Gasteiger partial charge in [0, 0.05) is 31.1 Å². The Morgan fingerprint density at radius 2 is 1.85 bits per heavy atom. The molecule has 0 fully saturated rings. The van der Waals surface area contributed by atoms with Crippen molar-refractivity contribution in [3.05, 3.63) is 120 Å². The topological polar surface area (TPSA) is 73.3 Å². The molecule has 6 nitrogen and oxygen atoms in total. The highest BCUT2D eigenvalue weighted by atomic mass is 19.1. The van der Waals surface area contributed by atoms with E-state index in [9.17, 15) is 9.18 Å². The Morgan fingerprint density at radius 3 is 2.65 bits per heavy atom. The lowest BCUT2D eigenvalue weighted by molar-refractivity contribution is -0.116. The first-order valence-corrected chi connectivity index (χ1v) is 10.6. The zero-order chi connectivity index (χ0) is 23.6. The molecule has 4 aromatic rings. The number of carbonyl (C=O) groups is 1. The summed E-state index contributed by atoms with van der Waals surface area (Å²) in [6, 6.07) is 21.2. The van der Waals surface area contributed by atoms with Crippen LogP contribution in [0, 0.1) is 5.82 Å². The lowest BCUT2D eigenvalue weighted by Gasteiger charge is -2.08. The molecule has 0 aliphatic carbocycles. The molecule has 1 amide bonds. The van der Waals surface area contributed by atoms with Gasteiger partial charge in [-0.25, -0.2) is 9.37 Å². The van der Waals surface area contributed by atoms with Crippen molar-refractivity contribution in [1.82, 2.24) is 15.3 Å². The number of amides is 1. The lowest BCUT2D eigenvalue weighted by Crippen LogP contribution is -2.20. The number of halogens is 1. The fourth-order valence-electron chi connectivity index (χ4n) is 3.03. The monoisotopic (exact) mass is 455 g/mol. The van der Waals surface area contributed by atoms with Crippen LogP contribution in [-0.4, -0.2) is 15.9 Å². The minimum Gasteiger partial charge on any atom is -0.473 e. The van der Waals surface area contributed by atoms with E-state index in [1.165, 1.54) is 30.5 Å². The largest absolute Gasteiger partial charge is 0.473 e. The fraction of sp³-hybridized carbons (Fsp3) is 0.0741. The highest BCUT2D eigenvalue weighted by molar-refractivity contribution is 5.91. The summed E-state index contributed by atoms with van der Waals surface area (Å²) < 4.78 is 25.5. The van der Waals surface area contributed by atoms with E-state index in [2.05, 4.69) is 15.3 Å². The summed E-state index contributed by atoms with van der Waals surface area (Å²) in [5, 5.41) is 2.79. The fourth-order valence-corrected chi connectivity index (χ4v) is 3.03. The standard InChI is InChI=1S/C27H22FN3O3/c28-24-15-20(8-10-25(24)34-23-7-4-13-29-18-23)9-11-26(32)31-17-22-12-14-30-27(16-22)33-19-21-5-2-1-3-6-21/h1-16,18H,17,19H2,(H,31,32)/b11-9+. The van der Waals surface area contributed by atoms with Crippen LogP contribution in [0.1, 0.15) is 16.7 Å². The Labute approximate surface area is 196 Å². The third-order valence-electron chi connectivity index (χ3n) is 4.74. The zero-order valence-electron chi connectivity index (χ0n) is 18.2. The van der Waals surface area contributed by atoms with E-state index in [0.29, 0.717) is 30.3 Å². The summed E-state index contributed by atoms with van der Waals surface area (Å²) in [6.45, 7) is 0.717. The van der Waals surface area contributed by atoms with Gasteiger partial charge in [-0.05, 0) is 53.1 Å². The van der Waals surface area contributed by atoms with Gasteiger partial charge in [0.15, 0.2) is 11.6 Å². The van der Waals surface area contributed by atoms with Crippen LogP contribution >= 0.6 is 0 Å². The molecule has 0 radical (unpaired) electrons. The maximum absolute atomic E-state index is 14.3. The average molecular weight is 455 g/mol. The number of hydrogen-bond acceptors (Lipinski definition) is 5. The van der Waals surface area contributed by atoms with E-state index >= 15 is 0 Å². The number of rotatable bonds is 9. The zero-order valence-corrected chi connectivity index (χ0v) is 18.2. The normalized spacial score (nSPS) is 10.7. The van der Waals surface area contributed by atoms with Crippen LogP contribution in [0.2, 0.25) is 0 Å². The Bertz CT molecular complexity index is 1260. The summed E-state index contributed by atoms with van der Waals surface area (Å²) in [5.41, 5.74) is 2.43. The van der Waals surface area contributed by atoms with Crippen molar-refractivity contribution in [2.75, 3.05) is 0 Å². The first-order chi connectivity index (χ1) is 16.7. The third-order valence-corrected chi connectivity index (χ3v) is 4.74. The number of nitrogens with one attached hydrogen (secondary N) is 1. The molecule has 0 saturated heterocycles. The van der Waals surface area contributed by atoms with Gasteiger partial charge in [0.2, 0.25) is 11.8 Å². The van der Waals surface area contributed by atoms with Crippen LogP contribution in [0.4, 0.5) is 4.39 Å². The Morgan fingerprint density at radius 1 is 0.971 bits per heavy atom. The summed E-state index contributed by atoms with van der Waals surface area (Å²) in [5.74, 6) is 0.160.